The van der Waals surface area contributed by atoms with Crippen molar-refractivity contribution in [2.75, 3.05) is 6.54 Å². The molecule has 0 aliphatic carbocycles. The van der Waals surface area contributed by atoms with E-state index in [4.69, 9.17) is 4.99 Å². The van der Waals surface area contributed by atoms with Crippen molar-refractivity contribution in [2.24, 2.45) is 12.0 Å². The molecule has 8 nitrogen and oxygen atoms in total. The van der Waals surface area contributed by atoms with Gasteiger partial charge in [0.05, 0.1) is 18.8 Å². The second-order valence-electron chi connectivity index (χ2n) is 8.00. The number of nitrogens with zero attached hydrogens (tertiary/aromatic N) is 6. The maximum atomic E-state index is 4.89. The van der Waals surface area contributed by atoms with Crippen LogP contribution in [0.4, 0.5) is 0 Å². The molecule has 1 unspecified atom stereocenters. The van der Waals surface area contributed by atoms with Crippen molar-refractivity contribution >= 4 is 29.9 Å². The van der Waals surface area contributed by atoms with Gasteiger partial charge in [0.15, 0.2) is 11.8 Å². The van der Waals surface area contributed by atoms with Crippen LogP contribution in [0, 0.1) is 0 Å². The van der Waals surface area contributed by atoms with Crippen molar-refractivity contribution in [3.8, 4) is 0 Å². The minimum absolute atomic E-state index is 0. The molecule has 1 aliphatic heterocycles. The van der Waals surface area contributed by atoms with Gasteiger partial charge in [0, 0.05) is 43.2 Å². The highest BCUT2D eigenvalue weighted by Crippen LogP contribution is 2.18. The molecule has 2 aromatic rings. The average Bonchev–Trinajstić information content (AvgIpc) is 3.26. The van der Waals surface area contributed by atoms with Gasteiger partial charge in [-0.05, 0) is 26.2 Å². The predicted molar refractivity (Wildman–Crippen MR) is 132 cm³/mol. The summed E-state index contributed by atoms with van der Waals surface area (Å²) in [6, 6.07) is 0.298. The molecule has 1 aliphatic rings. The number of hydrogen-bond donors (Lipinski definition) is 2. The Kier molecular flexibility index (Phi) is 9.11. The van der Waals surface area contributed by atoms with E-state index in [1.165, 1.54) is 11.3 Å². The maximum absolute atomic E-state index is 4.89. The molecule has 30 heavy (non-hydrogen) atoms. The lowest BCUT2D eigenvalue weighted by molar-refractivity contribution is 0.391. The molecule has 2 N–H and O–H groups in total. The van der Waals surface area contributed by atoms with Crippen LogP contribution in [-0.2, 0) is 39.4 Å². The first kappa shape index (κ1) is 24.6. The highest BCUT2D eigenvalue weighted by Gasteiger charge is 2.23. The number of guanidine groups is 1. The van der Waals surface area contributed by atoms with E-state index >= 15 is 0 Å². The summed E-state index contributed by atoms with van der Waals surface area (Å²) in [5.41, 5.74) is 3.68. The molecule has 9 heteroatoms. The topological polar surface area (TPSA) is 84.9 Å². The Labute approximate surface area is 197 Å². The molecular weight excluding hydrogens is 491 g/mol. The van der Waals surface area contributed by atoms with E-state index < -0.39 is 0 Å². The largest absolute Gasteiger partial charge is 0.357 e. The van der Waals surface area contributed by atoms with Gasteiger partial charge in [-0.15, -0.1) is 24.0 Å². The van der Waals surface area contributed by atoms with E-state index in [0.29, 0.717) is 18.5 Å². The first-order valence-electron chi connectivity index (χ1n) is 11.0. The Hall–Kier alpha value is -1.65. The van der Waals surface area contributed by atoms with Crippen LogP contribution in [-0.4, -0.2) is 43.1 Å². The zero-order valence-electron chi connectivity index (χ0n) is 19.2. The van der Waals surface area contributed by atoms with Crippen molar-refractivity contribution in [3.05, 3.63) is 28.6 Å². The van der Waals surface area contributed by atoms with Gasteiger partial charge in [0.1, 0.15) is 5.82 Å². The van der Waals surface area contributed by atoms with Crippen LogP contribution in [0.3, 0.4) is 0 Å². The van der Waals surface area contributed by atoms with Gasteiger partial charge in [-0.1, -0.05) is 27.7 Å². The third-order valence-corrected chi connectivity index (χ3v) is 5.50. The second kappa shape index (κ2) is 11.1. The standard InChI is InChI=1S/C21H36N8.HI/c1-7-17-16(18(8-2)28(6)26-17)12-23-21(22-9-3)24-15-10-11-19-25-20(14(4)5)27-29(19)13-15;/h14-15H,7-13H2,1-6H3,(H2,22,23,24);1H. The Morgan fingerprint density at radius 3 is 2.60 bits per heavy atom. The Morgan fingerprint density at radius 2 is 1.97 bits per heavy atom. The molecule has 3 rings (SSSR count). The van der Waals surface area contributed by atoms with Crippen LogP contribution in [0.25, 0.3) is 0 Å². The molecule has 0 spiro atoms. The van der Waals surface area contributed by atoms with Crippen LogP contribution >= 0.6 is 24.0 Å². The van der Waals surface area contributed by atoms with Crippen LogP contribution in [0.2, 0.25) is 0 Å². The van der Waals surface area contributed by atoms with Crippen molar-refractivity contribution < 1.29 is 0 Å². The summed E-state index contributed by atoms with van der Waals surface area (Å²) in [6.07, 6.45) is 3.88. The van der Waals surface area contributed by atoms with Gasteiger partial charge in [-0.2, -0.15) is 10.2 Å². The fraction of sp³-hybridized carbons (Fsp3) is 0.714. The molecule has 0 radical (unpaired) electrons. The average molecular weight is 528 g/mol. The number of halogens is 1. The first-order chi connectivity index (χ1) is 14.0. The Morgan fingerprint density at radius 1 is 1.20 bits per heavy atom. The summed E-state index contributed by atoms with van der Waals surface area (Å²) < 4.78 is 4.06. The summed E-state index contributed by atoms with van der Waals surface area (Å²) in [7, 11) is 2.03. The normalized spacial score (nSPS) is 16.4. The number of hydrogen-bond acceptors (Lipinski definition) is 4. The Bertz CT molecular complexity index is 852. The van der Waals surface area contributed by atoms with Gasteiger partial charge < -0.3 is 10.6 Å². The molecule has 2 aromatic heterocycles. The molecule has 0 fully saturated rings. The smallest absolute Gasteiger partial charge is 0.191 e. The van der Waals surface area contributed by atoms with E-state index in [1.807, 2.05) is 11.7 Å². The summed E-state index contributed by atoms with van der Waals surface area (Å²) in [5, 5.41) is 16.4. The minimum Gasteiger partial charge on any atom is -0.357 e. The van der Waals surface area contributed by atoms with E-state index in [9.17, 15) is 0 Å². The second-order valence-corrected chi connectivity index (χ2v) is 8.00. The van der Waals surface area contributed by atoms with Crippen molar-refractivity contribution in [3.63, 3.8) is 0 Å². The van der Waals surface area contributed by atoms with E-state index in [0.717, 1.165) is 62.1 Å². The van der Waals surface area contributed by atoms with Crippen LogP contribution in [0.15, 0.2) is 4.99 Å². The van der Waals surface area contributed by atoms with E-state index in [2.05, 4.69) is 65.1 Å². The van der Waals surface area contributed by atoms with E-state index in [1.54, 1.807) is 0 Å². The maximum Gasteiger partial charge on any atom is 0.191 e. The summed E-state index contributed by atoms with van der Waals surface area (Å²) in [4.78, 5) is 9.58. The molecule has 0 aromatic carbocycles. The SMILES string of the molecule is CCNC(=NCc1c(CC)nn(C)c1CC)NC1CCc2nc(C(C)C)nn2C1.I. The molecule has 1 atom stereocenters. The van der Waals surface area contributed by atoms with Crippen molar-refractivity contribution in [1.29, 1.82) is 0 Å². The summed E-state index contributed by atoms with van der Waals surface area (Å²) in [5.74, 6) is 3.26. The van der Waals surface area contributed by atoms with Gasteiger partial charge >= 0.3 is 0 Å². The highest BCUT2D eigenvalue weighted by molar-refractivity contribution is 14.0. The lowest BCUT2D eigenvalue weighted by atomic mass is 10.1. The molecule has 168 valence electrons. The number of fused-ring (bicyclic) bond motifs is 1. The molecule has 0 amide bonds. The molecule has 0 bridgehead atoms. The lowest BCUT2D eigenvalue weighted by Gasteiger charge is -2.25. The fourth-order valence-electron chi connectivity index (χ4n) is 3.93. The highest BCUT2D eigenvalue weighted by atomic mass is 127. The summed E-state index contributed by atoms with van der Waals surface area (Å²) >= 11 is 0. The number of rotatable bonds is 7. The number of aliphatic imine (C=N–C) groups is 1. The monoisotopic (exact) mass is 528 g/mol. The van der Waals surface area contributed by atoms with Crippen LogP contribution in [0.1, 0.15) is 75.6 Å². The zero-order chi connectivity index (χ0) is 21.0. The number of aryl methyl sites for hydroxylation is 3. The zero-order valence-corrected chi connectivity index (χ0v) is 21.5. The van der Waals surface area contributed by atoms with Gasteiger partial charge in [-0.3, -0.25) is 4.68 Å². The third-order valence-electron chi connectivity index (χ3n) is 5.50. The number of nitrogens with one attached hydrogen (secondary N) is 2. The van der Waals surface area contributed by atoms with Crippen LogP contribution < -0.4 is 10.6 Å². The fourth-order valence-corrected chi connectivity index (χ4v) is 3.93. The van der Waals surface area contributed by atoms with E-state index in [-0.39, 0.29) is 24.0 Å². The van der Waals surface area contributed by atoms with Crippen LogP contribution in [0.5, 0.6) is 0 Å². The minimum atomic E-state index is 0. The number of aromatic nitrogens is 5. The first-order valence-corrected chi connectivity index (χ1v) is 11.0. The van der Waals surface area contributed by atoms with Crippen molar-refractivity contribution in [1.82, 2.24) is 35.2 Å². The molecule has 0 saturated heterocycles. The Balaban J connectivity index is 0.00000320. The van der Waals surface area contributed by atoms with Gasteiger partial charge in [0.25, 0.3) is 0 Å². The molecule has 3 heterocycles. The quantitative estimate of drug-likeness (QED) is 0.328. The summed E-state index contributed by atoms with van der Waals surface area (Å²) in [6.45, 7) is 13.0. The van der Waals surface area contributed by atoms with Gasteiger partial charge in [0.2, 0.25) is 0 Å². The van der Waals surface area contributed by atoms with Crippen molar-refractivity contribution in [2.45, 2.75) is 85.4 Å². The lowest BCUT2D eigenvalue weighted by Crippen LogP contribution is -2.47. The molecule has 0 saturated carbocycles. The predicted octanol–water partition coefficient (Wildman–Crippen LogP) is 2.95. The third kappa shape index (κ3) is 5.53. The molecular formula is C21H37IN8. The van der Waals surface area contributed by atoms with Gasteiger partial charge in [-0.25, -0.2) is 14.7 Å².